The normalized spacial score (nSPS) is 16.8. The summed E-state index contributed by atoms with van der Waals surface area (Å²) in [6.07, 6.45) is 3.33. The zero-order chi connectivity index (χ0) is 9.56. The van der Waals surface area contributed by atoms with Crippen LogP contribution >= 0.6 is 8.46 Å². The maximum Gasteiger partial charge on any atom is 0.155 e. The van der Waals surface area contributed by atoms with Crippen LogP contribution in [-0.4, -0.2) is 6.16 Å². The van der Waals surface area contributed by atoms with Gasteiger partial charge in [-0.05, 0) is 30.6 Å². The molecule has 0 fully saturated rings. The SMILES string of the molecule is CC(C)CC(C)CC(C)CP=O. The molecule has 0 aliphatic heterocycles. The molecular formula is C10H21OP. The molecule has 0 aromatic rings. The Bertz CT molecular complexity index is 123. The van der Waals surface area contributed by atoms with E-state index in [0.717, 1.165) is 18.0 Å². The summed E-state index contributed by atoms with van der Waals surface area (Å²) in [4.78, 5) is 0. The summed E-state index contributed by atoms with van der Waals surface area (Å²) in [7, 11) is 0.302. The molecule has 0 saturated heterocycles. The van der Waals surface area contributed by atoms with Gasteiger partial charge in [-0.3, -0.25) is 4.57 Å². The summed E-state index contributed by atoms with van der Waals surface area (Å²) in [6, 6.07) is 0. The summed E-state index contributed by atoms with van der Waals surface area (Å²) in [5, 5.41) is 0. The molecule has 0 amide bonds. The van der Waals surface area contributed by atoms with E-state index in [1.54, 1.807) is 0 Å². The molecule has 0 N–H and O–H groups in total. The monoisotopic (exact) mass is 188 g/mol. The minimum absolute atomic E-state index is 0.302. The van der Waals surface area contributed by atoms with E-state index in [4.69, 9.17) is 0 Å². The Labute approximate surface area is 78.1 Å². The molecule has 0 saturated carbocycles. The zero-order valence-corrected chi connectivity index (χ0v) is 9.60. The van der Waals surface area contributed by atoms with Crippen LogP contribution in [0.1, 0.15) is 40.5 Å². The largest absolute Gasteiger partial charge is 0.275 e. The van der Waals surface area contributed by atoms with Gasteiger partial charge in [-0.2, -0.15) is 0 Å². The second-order valence-corrected chi connectivity index (χ2v) is 5.01. The highest BCUT2D eigenvalue weighted by atomic mass is 31.1. The second kappa shape index (κ2) is 6.60. The second-order valence-electron chi connectivity index (χ2n) is 4.39. The van der Waals surface area contributed by atoms with Crippen molar-refractivity contribution in [3.63, 3.8) is 0 Å². The first-order chi connectivity index (χ1) is 5.56. The van der Waals surface area contributed by atoms with Gasteiger partial charge < -0.3 is 0 Å². The topological polar surface area (TPSA) is 17.1 Å². The average Bonchev–Trinajstić information content (AvgIpc) is 1.84. The molecule has 2 unspecified atom stereocenters. The first-order valence-corrected chi connectivity index (χ1v) is 5.85. The van der Waals surface area contributed by atoms with E-state index in [2.05, 4.69) is 27.7 Å². The number of hydrogen-bond donors (Lipinski definition) is 0. The van der Waals surface area contributed by atoms with Crippen molar-refractivity contribution >= 4 is 8.46 Å². The molecule has 0 aromatic carbocycles. The quantitative estimate of drug-likeness (QED) is 0.576. The molecule has 2 heteroatoms. The molecule has 0 aliphatic rings. The van der Waals surface area contributed by atoms with Crippen LogP contribution in [0.25, 0.3) is 0 Å². The molecule has 1 nitrogen and oxygen atoms in total. The van der Waals surface area contributed by atoms with Crippen LogP contribution in [0.2, 0.25) is 0 Å². The minimum atomic E-state index is 0.302. The highest BCUT2D eigenvalue weighted by Gasteiger charge is 2.09. The van der Waals surface area contributed by atoms with Crippen molar-refractivity contribution in [1.29, 1.82) is 0 Å². The van der Waals surface area contributed by atoms with E-state index in [1.807, 2.05) is 0 Å². The average molecular weight is 188 g/mol. The third kappa shape index (κ3) is 6.79. The fourth-order valence-corrected chi connectivity index (χ4v) is 2.19. The van der Waals surface area contributed by atoms with E-state index >= 15 is 0 Å². The van der Waals surface area contributed by atoms with Crippen molar-refractivity contribution in [1.82, 2.24) is 0 Å². The van der Waals surface area contributed by atoms with Crippen LogP contribution in [0, 0.1) is 17.8 Å². The Morgan fingerprint density at radius 1 is 1.00 bits per heavy atom. The van der Waals surface area contributed by atoms with Crippen molar-refractivity contribution < 1.29 is 4.57 Å². The summed E-state index contributed by atoms with van der Waals surface area (Å²) >= 11 is 0. The van der Waals surface area contributed by atoms with Gasteiger partial charge >= 0.3 is 0 Å². The van der Waals surface area contributed by atoms with Gasteiger partial charge in [0, 0.05) is 6.16 Å². The van der Waals surface area contributed by atoms with E-state index in [0.29, 0.717) is 14.4 Å². The Kier molecular flexibility index (Phi) is 6.65. The summed E-state index contributed by atoms with van der Waals surface area (Å²) in [5.74, 6) is 2.18. The van der Waals surface area contributed by atoms with E-state index in [1.165, 1.54) is 12.8 Å². The molecule has 72 valence electrons. The van der Waals surface area contributed by atoms with Gasteiger partial charge in [0.2, 0.25) is 0 Å². The molecule has 0 aliphatic carbocycles. The number of hydrogen-bond acceptors (Lipinski definition) is 1. The maximum absolute atomic E-state index is 10.3. The standard InChI is InChI=1S/C10H21OP/c1-8(2)5-9(3)6-10(4)7-12-11/h8-10H,5-7H2,1-4H3. The van der Waals surface area contributed by atoms with Crippen LogP contribution < -0.4 is 0 Å². The van der Waals surface area contributed by atoms with Crippen molar-refractivity contribution in [3.8, 4) is 0 Å². The fourth-order valence-electron chi connectivity index (χ4n) is 1.79. The zero-order valence-electron chi connectivity index (χ0n) is 8.71. The molecule has 0 aromatic heterocycles. The van der Waals surface area contributed by atoms with Crippen molar-refractivity contribution in [3.05, 3.63) is 0 Å². The maximum atomic E-state index is 10.3. The van der Waals surface area contributed by atoms with Crippen LogP contribution in [0.5, 0.6) is 0 Å². The minimum Gasteiger partial charge on any atom is -0.275 e. The first-order valence-electron chi connectivity index (χ1n) is 4.85. The van der Waals surface area contributed by atoms with Crippen molar-refractivity contribution in [2.75, 3.05) is 6.16 Å². The molecule has 2 atom stereocenters. The van der Waals surface area contributed by atoms with Crippen LogP contribution in [-0.2, 0) is 4.57 Å². The third-order valence-corrected chi connectivity index (χ3v) is 2.84. The highest BCUT2D eigenvalue weighted by Crippen LogP contribution is 2.21. The summed E-state index contributed by atoms with van der Waals surface area (Å²) in [6.45, 7) is 8.99. The number of rotatable bonds is 6. The third-order valence-electron chi connectivity index (χ3n) is 2.06. The predicted octanol–water partition coefficient (Wildman–Crippen LogP) is 3.99. The van der Waals surface area contributed by atoms with Gasteiger partial charge in [-0.1, -0.05) is 27.7 Å². The van der Waals surface area contributed by atoms with Crippen molar-refractivity contribution in [2.45, 2.75) is 40.5 Å². The molecule has 12 heavy (non-hydrogen) atoms. The van der Waals surface area contributed by atoms with E-state index < -0.39 is 0 Å². The lowest BCUT2D eigenvalue weighted by molar-refractivity contribution is 0.369. The predicted molar refractivity (Wildman–Crippen MR) is 54.9 cm³/mol. The lowest BCUT2D eigenvalue weighted by atomic mass is 9.91. The Hall–Kier alpha value is 0.100. The lowest BCUT2D eigenvalue weighted by Crippen LogP contribution is -2.06. The lowest BCUT2D eigenvalue weighted by Gasteiger charge is -2.16. The summed E-state index contributed by atoms with van der Waals surface area (Å²) < 4.78 is 10.3. The molecule has 0 rings (SSSR count). The molecule has 0 bridgehead atoms. The molecule has 0 spiro atoms. The highest BCUT2D eigenvalue weighted by molar-refractivity contribution is 7.23. The van der Waals surface area contributed by atoms with Gasteiger partial charge in [0.05, 0.1) is 0 Å². The van der Waals surface area contributed by atoms with Gasteiger partial charge in [-0.15, -0.1) is 0 Å². The first kappa shape index (κ1) is 12.1. The van der Waals surface area contributed by atoms with Crippen LogP contribution in [0.15, 0.2) is 0 Å². The van der Waals surface area contributed by atoms with Crippen molar-refractivity contribution in [2.24, 2.45) is 17.8 Å². The van der Waals surface area contributed by atoms with E-state index in [-0.39, 0.29) is 0 Å². The van der Waals surface area contributed by atoms with E-state index in [9.17, 15) is 4.57 Å². The van der Waals surface area contributed by atoms with Crippen LogP contribution in [0.4, 0.5) is 0 Å². The van der Waals surface area contributed by atoms with Gasteiger partial charge in [-0.25, -0.2) is 0 Å². The Balaban J connectivity index is 3.53. The Morgan fingerprint density at radius 2 is 1.58 bits per heavy atom. The molecule has 0 radical (unpaired) electrons. The summed E-state index contributed by atoms with van der Waals surface area (Å²) in [5.41, 5.74) is 0. The van der Waals surface area contributed by atoms with Crippen LogP contribution in [0.3, 0.4) is 0 Å². The van der Waals surface area contributed by atoms with Gasteiger partial charge in [0.15, 0.2) is 8.46 Å². The molecular weight excluding hydrogens is 167 g/mol. The van der Waals surface area contributed by atoms with Gasteiger partial charge in [0.1, 0.15) is 0 Å². The Morgan fingerprint density at radius 3 is 2.00 bits per heavy atom. The smallest absolute Gasteiger partial charge is 0.155 e. The molecule has 0 heterocycles. The fraction of sp³-hybridized carbons (Fsp3) is 1.00. The van der Waals surface area contributed by atoms with Gasteiger partial charge in [0.25, 0.3) is 0 Å².